The van der Waals surface area contributed by atoms with Crippen molar-refractivity contribution in [2.75, 3.05) is 56.6 Å². The van der Waals surface area contributed by atoms with Crippen LogP contribution in [0.4, 0.5) is 11.5 Å². The lowest BCUT2D eigenvalue weighted by Gasteiger charge is -2.30. The summed E-state index contributed by atoms with van der Waals surface area (Å²) in [7, 11) is 0. The lowest BCUT2D eigenvalue weighted by molar-refractivity contribution is -0.114. The molecule has 1 fully saturated rings. The van der Waals surface area contributed by atoms with E-state index in [1.165, 1.54) is 6.20 Å². The molecule has 0 saturated carbocycles. The highest BCUT2D eigenvalue weighted by Gasteiger charge is 2.22. The summed E-state index contributed by atoms with van der Waals surface area (Å²) in [5, 5.41) is 5.68. The minimum atomic E-state index is -0.154. The van der Waals surface area contributed by atoms with Gasteiger partial charge in [-0.25, -0.2) is 4.98 Å². The van der Waals surface area contributed by atoms with Crippen molar-refractivity contribution in [2.45, 2.75) is 6.54 Å². The molecule has 0 aliphatic carbocycles. The number of carbonyl (C=O) groups excluding carboxylic acids is 2. The average molecular weight is 385 g/mol. The minimum Gasteiger partial charge on any atom is -0.467 e. The van der Waals surface area contributed by atoms with E-state index in [4.69, 9.17) is 9.15 Å². The molecule has 2 N–H and O–H groups in total. The molecule has 2 aromatic rings. The molecule has 0 atom stereocenters. The van der Waals surface area contributed by atoms with Crippen LogP contribution in [-0.4, -0.2) is 72.5 Å². The smallest absolute Gasteiger partial charge is 0.255 e. The highest BCUT2D eigenvalue weighted by molar-refractivity contribution is 6.02. The summed E-state index contributed by atoms with van der Waals surface area (Å²) in [4.78, 5) is 33.1. The Balaban J connectivity index is 1.50. The molecular formula is C19H23N5O4. The first-order chi connectivity index (χ1) is 13.7. The molecule has 1 saturated heterocycles. The first-order valence-electron chi connectivity index (χ1n) is 9.34. The maximum atomic E-state index is 13.2. The number of rotatable bonds is 6. The monoisotopic (exact) mass is 385 g/mol. The van der Waals surface area contributed by atoms with Gasteiger partial charge in [-0.1, -0.05) is 0 Å². The van der Waals surface area contributed by atoms with E-state index in [9.17, 15) is 9.59 Å². The molecular weight excluding hydrogens is 362 g/mol. The van der Waals surface area contributed by atoms with Gasteiger partial charge in [0.15, 0.2) is 0 Å². The topological polar surface area (TPSA) is 99.9 Å². The van der Waals surface area contributed by atoms with Crippen LogP contribution >= 0.6 is 0 Å². The highest BCUT2D eigenvalue weighted by Crippen LogP contribution is 2.24. The maximum absolute atomic E-state index is 13.2. The van der Waals surface area contributed by atoms with E-state index in [1.54, 1.807) is 17.2 Å². The summed E-state index contributed by atoms with van der Waals surface area (Å²) in [6.07, 6.45) is 3.14. The fourth-order valence-corrected chi connectivity index (χ4v) is 3.29. The van der Waals surface area contributed by atoms with Gasteiger partial charge in [0.05, 0.1) is 43.8 Å². The van der Waals surface area contributed by atoms with Crippen molar-refractivity contribution in [1.82, 2.24) is 14.8 Å². The first-order valence-corrected chi connectivity index (χ1v) is 9.34. The number of hydrogen-bond donors (Lipinski definition) is 2. The molecule has 28 heavy (non-hydrogen) atoms. The molecule has 0 spiro atoms. The van der Waals surface area contributed by atoms with E-state index in [-0.39, 0.29) is 18.4 Å². The van der Waals surface area contributed by atoms with E-state index in [1.807, 2.05) is 12.1 Å². The van der Waals surface area contributed by atoms with Crippen LogP contribution in [0.1, 0.15) is 16.1 Å². The molecule has 0 radical (unpaired) electrons. The number of ether oxygens (including phenoxy) is 1. The van der Waals surface area contributed by atoms with E-state index in [2.05, 4.69) is 20.5 Å². The van der Waals surface area contributed by atoms with Gasteiger partial charge in [0.2, 0.25) is 5.91 Å². The number of morpholine rings is 1. The number of anilines is 2. The van der Waals surface area contributed by atoms with Crippen LogP contribution in [0, 0.1) is 0 Å². The number of fused-ring (bicyclic) bond motifs is 1. The van der Waals surface area contributed by atoms with Gasteiger partial charge in [-0.2, -0.15) is 0 Å². The molecule has 148 valence electrons. The number of hydrogen-bond acceptors (Lipinski definition) is 7. The number of nitrogens with one attached hydrogen (secondary N) is 2. The zero-order valence-electron chi connectivity index (χ0n) is 15.5. The standard InChI is InChI=1S/C19H23N5O4/c25-17-12-21-18-16(22-17)10-14(11-20-18)19(26)24(13-15-2-1-7-28-15)4-3-23-5-8-27-9-6-23/h1-2,7,10-11H,3-6,8-9,12-13H2,(H,20,21)(H,22,25). The molecule has 0 unspecified atom stereocenters. The van der Waals surface area contributed by atoms with Gasteiger partial charge >= 0.3 is 0 Å². The predicted molar refractivity (Wildman–Crippen MR) is 102 cm³/mol. The third-order valence-corrected chi connectivity index (χ3v) is 4.83. The van der Waals surface area contributed by atoms with Crippen molar-refractivity contribution in [1.29, 1.82) is 0 Å². The van der Waals surface area contributed by atoms with Gasteiger partial charge in [-0.3, -0.25) is 14.5 Å². The second-order valence-corrected chi connectivity index (χ2v) is 6.78. The fraction of sp³-hybridized carbons (Fsp3) is 0.421. The molecule has 2 aromatic heterocycles. The van der Waals surface area contributed by atoms with Gasteiger partial charge in [0.25, 0.3) is 5.91 Å². The molecule has 4 heterocycles. The average Bonchev–Trinajstić information content (AvgIpc) is 3.24. The SMILES string of the molecule is O=C1CNc2ncc(C(=O)N(CCN3CCOCC3)Cc3ccco3)cc2N1. The van der Waals surface area contributed by atoms with Crippen molar-refractivity contribution >= 4 is 23.3 Å². The van der Waals surface area contributed by atoms with Crippen LogP contribution in [0.15, 0.2) is 35.1 Å². The lowest BCUT2D eigenvalue weighted by atomic mass is 10.2. The molecule has 2 aliphatic heterocycles. The second-order valence-electron chi connectivity index (χ2n) is 6.78. The summed E-state index contributed by atoms with van der Waals surface area (Å²) < 4.78 is 10.8. The van der Waals surface area contributed by atoms with Crippen LogP contribution in [0.2, 0.25) is 0 Å². The lowest BCUT2D eigenvalue weighted by Crippen LogP contribution is -2.43. The Morgan fingerprint density at radius 1 is 1.32 bits per heavy atom. The van der Waals surface area contributed by atoms with Gasteiger partial charge < -0.3 is 24.7 Å². The van der Waals surface area contributed by atoms with Gasteiger partial charge in [-0.05, 0) is 18.2 Å². The summed E-state index contributed by atoms with van der Waals surface area (Å²) in [5.41, 5.74) is 0.949. The van der Waals surface area contributed by atoms with Crippen molar-refractivity contribution in [3.8, 4) is 0 Å². The zero-order chi connectivity index (χ0) is 19.3. The van der Waals surface area contributed by atoms with Crippen LogP contribution in [0.25, 0.3) is 0 Å². The molecule has 9 heteroatoms. The summed E-state index contributed by atoms with van der Waals surface area (Å²) >= 11 is 0. The van der Waals surface area contributed by atoms with Gasteiger partial charge in [0.1, 0.15) is 11.6 Å². The van der Waals surface area contributed by atoms with E-state index < -0.39 is 0 Å². The van der Waals surface area contributed by atoms with E-state index >= 15 is 0 Å². The zero-order valence-corrected chi connectivity index (χ0v) is 15.5. The Kier molecular flexibility index (Phi) is 5.54. The fourth-order valence-electron chi connectivity index (χ4n) is 3.29. The van der Waals surface area contributed by atoms with Crippen molar-refractivity contribution < 1.29 is 18.7 Å². The Morgan fingerprint density at radius 2 is 2.18 bits per heavy atom. The summed E-state index contributed by atoms with van der Waals surface area (Å²) in [5.74, 6) is 0.983. The van der Waals surface area contributed by atoms with Gasteiger partial charge in [-0.15, -0.1) is 0 Å². The number of nitrogens with zero attached hydrogens (tertiary/aromatic N) is 3. The van der Waals surface area contributed by atoms with E-state index in [0.717, 1.165) is 25.4 Å². The third-order valence-electron chi connectivity index (χ3n) is 4.83. The predicted octanol–water partition coefficient (Wildman–Crippen LogP) is 1.01. The first kappa shape index (κ1) is 18.5. The Hall–Kier alpha value is -2.91. The van der Waals surface area contributed by atoms with E-state index in [0.29, 0.717) is 43.4 Å². The molecule has 0 bridgehead atoms. The number of pyridine rings is 1. The maximum Gasteiger partial charge on any atom is 0.255 e. The molecule has 2 amide bonds. The van der Waals surface area contributed by atoms with Crippen molar-refractivity contribution in [3.63, 3.8) is 0 Å². The molecule has 2 aliphatic rings. The number of amides is 2. The highest BCUT2D eigenvalue weighted by atomic mass is 16.5. The van der Waals surface area contributed by atoms with Crippen molar-refractivity contribution in [2.24, 2.45) is 0 Å². The van der Waals surface area contributed by atoms with Crippen LogP contribution in [0.3, 0.4) is 0 Å². The number of furan rings is 1. The Bertz CT molecular complexity index is 833. The van der Waals surface area contributed by atoms with Crippen LogP contribution in [-0.2, 0) is 16.1 Å². The number of aromatic nitrogens is 1. The van der Waals surface area contributed by atoms with Crippen LogP contribution in [0.5, 0.6) is 0 Å². The second kappa shape index (κ2) is 8.41. The molecule has 9 nitrogen and oxygen atoms in total. The van der Waals surface area contributed by atoms with Gasteiger partial charge in [0, 0.05) is 32.4 Å². The molecule has 4 rings (SSSR count). The third kappa shape index (κ3) is 4.32. The quantitative estimate of drug-likeness (QED) is 0.766. The molecule has 0 aromatic carbocycles. The van der Waals surface area contributed by atoms with Crippen molar-refractivity contribution in [3.05, 3.63) is 42.0 Å². The van der Waals surface area contributed by atoms with Crippen LogP contribution < -0.4 is 10.6 Å². The normalized spacial score (nSPS) is 16.8. The minimum absolute atomic E-state index is 0.153. The largest absolute Gasteiger partial charge is 0.467 e. The number of carbonyl (C=O) groups is 2. The Labute approximate surface area is 162 Å². The summed E-state index contributed by atoms with van der Waals surface area (Å²) in [6.45, 7) is 5.02. The Morgan fingerprint density at radius 3 is 2.96 bits per heavy atom. The summed E-state index contributed by atoms with van der Waals surface area (Å²) in [6, 6.07) is 5.32.